The molecule has 3 aromatic rings. The number of carbonyl (C=O) groups excluding carboxylic acids is 2. The molecular formula is C22H19N3O3S. The lowest BCUT2D eigenvalue weighted by Crippen LogP contribution is -2.21. The molecule has 6 nitrogen and oxygen atoms in total. The third kappa shape index (κ3) is 5.99. The highest BCUT2D eigenvalue weighted by Gasteiger charge is 2.12. The normalized spacial score (nSPS) is 10.2. The number of anilines is 1. The quantitative estimate of drug-likeness (QED) is 0.602. The molecule has 0 atom stereocenters. The number of thiazole rings is 1. The molecule has 0 spiro atoms. The average molecular weight is 405 g/mol. The standard InChI is InChI=1S/C22H19N3O3S/c1-15-3-2-4-17(11-15)22-25-19(14-29-22)12-21(27)28-13-20(26)24-18-7-5-16(6-8-18)9-10-23/h2-8,11,14H,9,12-13H2,1H3,(H,24,26). The zero-order valence-corrected chi connectivity index (χ0v) is 16.7. The van der Waals surface area contributed by atoms with Crippen LogP contribution in [0.15, 0.2) is 53.9 Å². The van der Waals surface area contributed by atoms with Crippen LogP contribution in [0, 0.1) is 18.3 Å². The number of nitrogens with one attached hydrogen (secondary N) is 1. The Kier molecular flexibility index (Phi) is 6.72. The highest BCUT2D eigenvalue weighted by Crippen LogP contribution is 2.24. The number of ether oxygens (including phenoxy) is 1. The number of esters is 1. The van der Waals surface area contributed by atoms with Gasteiger partial charge in [-0.2, -0.15) is 5.26 Å². The third-order valence-corrected chi connectivity index (χ3v) is 4.97. The van der Waals surface area contributed by atoms with E-state index in [9.17, 15) is 9.59 Å². The van der Waals surface area contributed by atoms with Crippen LogP contribution in [0.2, 0.25) is 0 Å². The highest BCUT2D eigenvalue weighted by atomic mass is 32.1. The molecule has 0 aliphatic rings. The van der Waals surface area contributed by atoms with Gasteiger partial charge in [-0.15, -0.1) is 11.3 Å². The summed E-state index contributed by atoms with van der Waals surface area (Å²) in [7, 11) is 0. The number of carbonyl (C=O) groups is 2. The molecule has 0 fully saturated rings. The predicted molar refractivity (Wildman–Crippen MR) is 111 cm³/mol. The van der Waals surface area contributed by atoms with Crippen molar-refractivity contribution in [3.05, 3.63) is 70.7 Å². The number of aromatic nitrogens is 1. The van der Waals surface area contributed by atoms with E-state index < -0.39 is 11.9 Å². The van der Waals surface area contributed by atoms with E-state index in [0.717, 1.165) is 21.7 Å². The second-order valence-electron chi connectivity index (χ2n) is 6.43. The molecule has 1 aromatic heterocycles. The number of rotatable bonds is 7. The van der Waals surface area contributed by atoms with Crippen molar-refractivity contribution in [3.8, 4) is 16.6 Å². The van der Waals surface area contributed by atoms with Crippen LogP contribution in [0.3, 0.4) is 0 Å². The minimum Gasteiger partial charge on any atom is -0.455 e. The lowest BCUT2D eigenvalue weighted by molar-refractivity contribution is -0.146. The van der Waals surface area contributed by atoms with E-state index in [0.29, 0.717) is 17.8 Å². The molecular weight excluding hydrogens is 386 g/mol. The van der Waals surface area contributed by atoms with Gasteiger partial charge in [0.05, 0.1) is 24.6 Å². The van der Waals surface area contributed by atoms with Crippen molar-refractivity contribution in [2.75, 3.05) is 11.9 Å². The number of nitriles is 1. The monoisotopic (exact) mass is 405 g/mol. The molecule has 7 heteroatoms. The first-order chi connectivity index (χ1) is 14.0. The molecule has 0 aliphatic carbocycles. The summed E-state index contributed by atoms with van der Waals surface area (Å²) < 4.78 is 5.05. The molecule has 29 heavy (non-hydrogen) atoms. The number of aryl methyl sites for hydroxylation is 1. The maximum absolute atomic E-state index is 12.0. The summed E-state index contributed by atoms with van der Waals surface area (Å²) in [4.78, 5) is 28.4. The van der Waals surface area contributed by atoms with Gasteiger partial charge >= 0.3 is 5.97 Å². The van der Waals surface area contributed by atoms with Crippen LogP contribution < -0.4 is 5.32 Å². The van der Waals surface area contributed by atoms with Crippen molar-refractivity contribution >= 4 is 28.9 Å². The van der Waals surface area contributed by atoms with Gasteiger partial charge < -0.3 is 10.1 Å². The summed E-state index contributed by atoms with van der Waals surface area (Å²) in [6.45, 7) is 1.65. The van der Waals surface area contributed by atoms with Gasteiger partial charge in [0.15, 0.2) is 6.61 Å². The van der Waals surface area contributed by atoms with Crippen LogP contribution in [0.1, 0.15) is 16.8 Å². The van der Waals surface area contributed by atoms with E-state index >= 15 is 0 Å². The Balaban J connectivity index is 1.47. The van der Waals surface area contributed by atoms with Gasteiger partial charge in [0.25, 0.3) is 5.91 Å². The summed E-state index contributed by atoms with van der Waals surface area (Å²) in [6, 6.07) is 17.0. The first-order valence-corrected chi connectivity index (χ1v) is 9.84. The zero-order chi connectivity index (χ0) is 20.6. The SMILES string of the molecule is Cc1cccc(-c2nc(CC(=O)OCC(=O)Nc3ccc(CC#N)cc3)cs2)c1. The van der Waals surface area contributed by atoms with Crippen LogP contribution in [-0.4, -0.2) is 23.5 Å². The van der Waals surface area contributed by atoms with E-state index in [1.54, 1.807) is 24.3 Å². The fourth-order valence-corrected chi connectivity index (χ4v) is 3.45. The number of amides is 1. The van der Waals surface area contributed by atoms with Gasteiger partial charge in [0, 0.05) is 16.6 Å². The predicted octanol–water partition coefficient (Wildman–Crippen LogP) is 3.91. The third-order valence-electron chi connectivity index (χ3n) is 4.03. The largest absolute Gasteiger partial charge is 0.455 e. The Morgan fingerprint density at radius 3 is 2.72 bits per heavy atom. The summed E-state index contributed by atoms with van der Waals surface area (Å²) >= 11 is 1.47. The maximum Gasteiger partial charge on any atom is 0.312 e. The Hall–Kier alpha value is -3.50. The smallest absolute Gasteiger partial charge is 0.312 e. The van der Waals surface area contributed by atoms with E-state index in [1.807, 2.05) is 36.6 Å². The number of nitrogens with zero attached hydrogens (tertiary/aromatic N) is 2. The van der Waals surface area contributed by atoms with Crippen LogP contribution in [-0.2, 0) is 27.2 Å². The molecule has 1 heterocycles. The van der Waals surface area contributed by atoms with Gasteiger partial charge in [-0.25, -0.2) is 4.98 Å². The van der Waals surface area contributed by atoms with Gasteiger partial charge in [0.2, 0.25) is 0 Å². The van der Waals surface area contributed by atoms with Crippen LogP contribution in [0.4, 0.5) is 5.69 Å². The maximum atomic E-state index is 12.0. The summed E-state index contributed by atoms with van der Waals surface area (Å²) in [5, 5.41) is 14.0. The molecule has 0 saturated heterocycles. The van der Waals surface area contributed by atoms with Crippen LogP contribution in [0.25, 0.3) is 10.6 Å². The van der Waals surface area contributed by atoms with Crippen molar-refractivity contribution in [2.45, 2.75) is 19.8 Å². The topological polar surface area (TPSA) is 92.1 Å². The molecule has 0 bridgehead atoms. The van der Waals surface area contributed by atoms with Crippen LogP contribution in [0.5, 0.6) is 0 Å². The van der Waals surface area contributed by atoms with Crippen molar-refractivity contribution in [2.24, 2.45) is 0 Å². The Morgan fingerprint density at radius 1 is 1.21 bits per heavy atom. The van der Waals surface area contributed by atoms with E-state index in [1.165, 1.54) is 11.3 Å². The first-order valence-electron chi connectivity index (χ1n) is 8.96. The molecule has 0 unspecified atom stereocenters. The molecule has 0 aliphatic heterocycles. The Morgan fingerprint density at radius 2 is 2.00 bits per heavy atom. The van der Waals surface area contributed by atoms with Crippen LogP contribution >= 0.6 is 11.3 Å². The second kappa shape index (κ2) is 9.62. The van der Waals surface area contributed by atoms with Gasteiger partial charge in [-0.1, -0.05) is 35.9 Å². The summed E-state index contributed by atoms with van der Waals surface area (Å²) in [6.07, 6.45) is 0.326. The highest BCUT2D eigenvalue weighted by molar-refractivity contribution is 7.13. The Labute approximate surface area is 172 Å². The average Bonchev–Trinajstić information content (AvgIpc) is 3.17. The number of benzene rings is 2. The number of hydrogen-bond donors (Lipinski definition) is 1. The number of hydrogen-bond acceptors (Lipinski definition) is 6. The van der Waals surface area contributed by atoms with E-state index in [4.69, 9.17) is 10.00 Å². The lowest BCUT2D eigenvalue weighted by atomic mass is 10.1. The van der Waals surface area contributed by atoms with Crippen molar-refractivity contribution in [1.29, 1.82) is 5.26 Å². The Bertz CT molecular complexity index is 1050. The second-order valence-corrected chi connectivity index (χ2v) is 7.29. The minimum atomic E-state index is -0.509. The summed E-state index contributed by atoms with van der Waals surface area (Å²) in [5.74, 6) is -0.935. The fraction of sp³-hybridized carbons (Fsp3) is 0.182. The van der Waals surface area contributed by atoms with E-state index in [2.05, 4.69) is 16.4 Å². The van der Waals surface area contributed by atoms with Crippen molar-refractivity contribution in [1.82, 2.24) is 4.98 Å². The zero-order valence-electron chi connectivity index (χ0n) is 15.8. The van der Waals surface area contributed by atoms with Crippen molar-refractivity contribution < 1.29 is 14.3 Å². The molecule has 0 saturated carbocycles. The molecule has 146 valence electrons. The first kappa shape index (κ1) is 20.2. The van der Waals surface area contributed by atoms with Gasteiger partial charge in [-0.3, -0.25) is 9.59 Å². The van der Waals surface area contributed by atoms with Crippen molar-refractivity contribution in [3.63, 3.8) is 0 Å². The fourth-order valence-electron chi connectivity index (χ4n) is 2.64. The van der Waals surface area contributed by atoms with Gasteiger partial charge in [0.1, 0.15) is 5.01 Å². The lowest BCUT2D eigenvalue weighted by Gasteiger charge is -2.06. The molecule has 3 rings (SSSR count). The van der Waals surface area contributed by atoms with E-state index in [-0.39, 0.29) is 13.0 Å². The van der Waals surface area contributed by atoms with Gasteiger partial charge in [-0.05, 0) is 30.7 Å². The minimum absolute atomic E-state index is 0.0124. The summed E-state index contributed by atoms with van der Waals surface area (Å²) in [5.41, 5.74) is 4.21. The molecule has 0 radical (unpaired) electrons. The molecule has 2 aromatic carbocycles. The molecule has 1 N–H and O–H groups in total. The molecule has 1 amide bonds.